The van der Waals surface area contributed by atoms with Crippen LogP contribution < -0.4 is 5.32 Å². The molecule has 1 aliphatic rings. The number of amides is 2. The standard InChI is InChI=1S/C14H27N3O3S/c1-14(2,10-16(3)4)9-15-13(20)17-5-6-21-8-11(17)7-12(18)19/h11H,5-10H2,1-4H3,(H,15,20)(H,18,19). The average molecular weight is 317 g/mol. The molecule has 1 aliphatic heterocycles. The highest BCUT2D eigenvalue weighted by Gasteiger charge is 2.30. The van der Waals surface area contributed by atoms with Gasteiger partial charge in [0, 0.05) is 31.1 Å². The maximum atomic E-state index is 12.3. The van der Waals surface area contributed by atoms with Gasteiger partial charge in [-0.2, -0.15) is 11.8 Å². The third-order valence-electron chi connectivity index (χ3n) is 3.36. The molecule has 1 rings (SSSR count). The molecule has 21 heavy (non-hydrogen) atoms. The molecule has 0 saturated carbocycles. The largest absolute Gasteiger partial charge is 0.481 e. The predicted molar refractivity (Wildman–Crippen MR) is 85.8 cm³/mol. The normalized spacial score (nSPS) is 19.7. The fraction of sp³-hybridized carbons (Fsp3) is 0.857. The van der Waals surface area contributed by atoms with Crippen LogP contribution >= 0.6 is 11.8 Å². The van der Waals surface area contributed by atoms with Gasteiger partial charge in [0.1, 0.15) is 0 Å². The topological polar surface area (TPSA) is 72.9 Å². The number of carboxylic acids is 1. The van der Waals surface area contributed by atoms with E-state index in [1.165, 1.54) is 0 Å². The molecule has 0 bridgehead atoms. The Morgan fingerprint density at radius 3 is 2.67 bits per heavy atom. The molecular weight excluding hydrogens is 290 g/mol. The number of thioether (sulfide) groups is 1. The number of carbonyl (C=O) groups excluding carboxylic acids is 1. The summed E-state index contributed by atoms with van der Waals surface area (Å²) in [7, 11) is 4.02. The van der Waals surface area contributed by atoms with E-state index in [0.29, 0.717) is 18.8 Å². The molecule has 0 spiro atoms. The summed E-state index contributed by atoms with van der Waals surface area (Å²) in [5.41, 5.74) is -0.0218. The third-order valence-corrected chi connectivity index (χ3v) is 4.45. The van der Waals surface area contributed by atoms with E-state index in [1.54, 1.807) is 16.7 Å². The van der Waals surface area contributed by atoms with Crippen LogP contribution in [0.15, 0.2) is 0 Å². The summed E-state index contributed by atoms with van der Waals surface area (Å²) in [5, 5.41) is 11.9. The lowest BCUT2D eigenvalue weighted by Crippen LogP contribution is -2.53. The van der Waals surface area contributed by atoms with Gasteiger partial charge in [-0.25, -0.2) is 4.79 Å². The number of hydrogen-bond acceptors (Lipinski definition) is 4. The van der Waals surface area contributed by atoms with Gasteiger partial charge in [0.2, 0.25) is 0 Å². The van der Waals surface area contributed by atoms with Crippen molar-refractivity contribution < 1.29 is 14.7 Å². The maximum absolute atomic E-state index is 12.3. The summed E-state index contributed by atoms with van der Waals surface area (Å²) < 4.78 is 0. The van der Waals surface area contributed by atoms with Gasteiger partial charge in [-0.15, -0.1) is 0 Å². The van der Waals surface area contributed by atoms with Crippen LogP contribution in [0.4, 0.5) is 4.79 Å². The number of hydrogen-bond donors (Lipinski definition) is 2. The molecule has 2 amide bonds. The Morgan fingerprint density at radius 2 is 2.10 bits per heavy atom. The number of nitrogens with one attached hydrogen (secondary N) is 1. The first-order chi connectivity index (χ1) is 9.71. The number of urea groups is 1. The SMILES string of the molecule is CN(C)CC(C)(C)CNC(=O)N1CCSCC1CC(=O)O. The van der Waals surface area contributed by atoms with Gasteiger partial charge in [0.15, 0.2) is 0 Å². The molecule has 0 aromatic heterocycles. The van der Waals surface area contributed by atoms with Gasteiger partial charge in [0.05, 0.1) is 12.5 Å². The lowest BCUT2D eigenvalue weighted by atomic mass is 9.93. The number of aliphatic carboxylic acids is 1. The van der Waals surface area contributed by atoms with Gasteiger partial charge in [-0.1, -0.05) is 13.8 Å². The lowest BCUT2D eigenvalue weighted by Gasteiger charge is -2.36. The average Bonchev–Trinajstić information content (AvgIpc) is 2.34. The van der Waals surface area contributed by atoms with E-state index >= 15 is 0 Å². The van der Waals surface area contributed by atoms with E-state index in [9.17, 15) is 9.59 Å². The molecule has 122 valence electrons. The molecule has 6 nitrogen and oxygen atoms in total. The summed E-state index contributed by atoms with van der Waals surface area (Å²) in [6.45, 7) is 6.28. The van der Waals surface area contributed by atoms with E-state index in [2.05, 4.69) is 24.1 Å². The van der Waals surface area contributed by atoms with Crippen molar-refractivity contribution in [1.29, 1.82) is 0 Å². The van der Waals surface area contributed by atoms with Crippen molar-refractivity contribution in [3.05, 3.63) is 0 Å². The predicted octanol–water partition coefficient (Wildman–Crippen LogP) is 1.18. The number of carboxylic acid groups (broad SMARTS) is 1. The fourth-order valence-corrected chi connectivity index (χ4v) is 3.68. The highest BCUT2D eigenvalue weighted by molar-refractivity contribution is 7.99. The molecule has 2 N–H and O–H groups in total. The van der Waals surface area contributed by atoms with E-state index in [1.807, 2.05) is 14.1 Å². The smallest absolute Gasteiger partial charge is 0.317 e. The third kappa shape index (κ3) is 6.56. The number of nitrogens with zero attached hydrogens (tertiary/aromatic N) is 2. The molecule has 1 saturated heterocycles. The van der Waals surface area contributed by atoms with E-state index in [0.717, 1.165) is 12.3 Å². The fourth-order valence-electron chi connectivity index (χ4n) is 2.62. The summed E-state index contributed by atoms with van der Waals surface area (Å²) in [5.74, 6) is 0.707. The highest BCUT2D eigenvalue weighted by Crippen LogP contribution is 2.20. The summed E-state index contributed by atoms with van der Waals surface area (Å²) >= 11 is 1.71. The van der Waals surface area contributed by atoms with Crippen LogP contribution in [0.2, 0.25) is 0 Å². The first-order valence-electron chi connectivity index (χ1n) is 7.20. The number of carbonyl (C=O) groups is 2. The second kappa shape index (κ2) is 7.89. The molecule has 1 unspecified atom stereocenters. The van der Waals surface area contributed by atoms with Crippen LogP contribution in [0, 0.1) is 5.41 Å². The second-order valence-electron chi connectivity index (χ2n) is 6.58. The first-order valence-corrected chi connectivity index (χ1v) is 8.35. The highest BCUT2D eigenvalue weighted by atomic mass is 32.2. The van der Waals surface area contributed by atoms with E-state index < -0.39 is 5.97 Å². The van der Waals surface area contributed by atoms with Crippen molar-refractivity contribution in [1.82, 2.24) is 15.1 Å². The maximum Gasteiger partial charge on any atom is 0.317 e. The zero-order valence-electron chi connectivity index (χ0n) is 13.4. The molecule has 1 heterocycles. The lowest BCUT2D eigenvalue weighted by molar-refractivity contribution is -0.138. The molecule has 0 aliphatic carbocycles. The molecule has 1 fully saturated rings. The second-order valence-corrected chi connectivity index (χ2v) is 7.73. The minimum atomic E-state index is -0.853. The van der Waals surface area contributed by atoms with Crippen LogP contribution in [0.5, 0.6) is 0 Å². The molecule has 0 aromatic rings. The first kappa shape index (κ1) is 18.1. The minimum Gasteiger partial charge on any atom is -0.481 e. The minimum absolute atomic E-state index is 0.0154. The van der Waals surface area contributed by atoms with E-state index in [-0.39, 0.29) is 23.9 Å². The Hall–Kier alpha value is -0.950. The number of rotatable bonds is 6. The van der Waals surface area contributed by atoms with Crippen LogP contribution in [0.1, 0.15) is 20.3 Å². The van der Waals surface area contributed by atoms with Crippen molar-refractivity contribution in [3.8, 4) is 0 Å². The van der Waals surface area contributed by atoms with Gasteiger partial charge in [-0.3, -0.25) is 4.79 Å². The van der Waals surface area contributed by atoms with Crippen LogP contribution in [-0.2, 0) is 4.79 Å². The summed E-state index contributed by atoms with van der Waals surface area (Å²) in [4.78, 5) is 27.0. The van der Waals surface area contributed by atoms with Crippen molar-refractivity contribution in [2.45, 2.75) is 26.3 Å². The van der Waals surface area contributed by atoms with Crippen LogP contribution in [0.25, 0.3) is 0 Å². The Balaban J connectivity index is 2.54. The van der Waals surface area contributed by atoms with Crippen LogP contribution in [-0.4, -0.2) is 78.2 Å². The van der Waals surface area contributed by atoms with Gasteiger partial charge < -0.3 is 20.2 Å². The zero-order valence-corrected chi connectivity index (χ0v) is 14.2. The molecule has 7 heteroatoms. The molecule has 0 aromatic carbocycles. The van der Waals surface area contributed by atoms with Gasteiger partial charge in [0.25, 0.3) is 0 Å². The molecule has 0 radical (unpaired) electrons. The van der Waals surface area contributed by atoms with Crippen molar-refractivity contribution in [2.24, 2.45) is 5.41 Å². The summed E-state index contributed by atoms with van der Waals surface area (Å²) in [6, 6.07) is -0.355. The molecular formula is C14H27N3O3S. The molecule has 1 atom stereocenters. The van der Waals surface area contributed by atoms with Crippen molar-refractivity contribution in [2.75, 3.05) is 45.2 Å². The Bertz CT molecular complexity index is 374. The quantitative estimate of drug-likeness (QED) is 0.769. The van der Waals surface area contributed by atoms with Crippen molar-refractivity contribution in [3.63, 3.8) is 0 Å². The van der Waals surface area contributed by atoms with Crippen LogP contribution in [0.3, 0.4) is 0 Å². The monoisotopic (exact) mass is 317 g/mol. The van der Waals surface area contributed by atoms with Gasteiger partial charge in [-0.05, 0) is 19.5 Å². The Labute approximate surface area is 131 Å². The van der Waals surface area contributed by atoms with Crippen molar-refractivity contribution >= 4 is 23.8 Å². The Morgan fingerprint density at radius 1 is 1.43 bits per heavy atom. The van der Waals surface area contributed by atoms with E-state index in [4.69, 9.17) is 5.11 Å². The Kier molecular flexibility index (Phi) is 6.80. The summed E-state index contributed by atoms with van der Waals surface area (Å²) in [6.07, 6.45) is 0.0154. The van der Waals surface area contributed by atoms with Gasteiger partial charge >= 0.3 is 12.0 Å². The zero-order chi connectivity index (χ0) is 16.0.